The van der Waals surface area contributed by atoms with E-state index in [1.807, 2.05) is 14.1 Å². The number of aryl methyl sites for hydroxylation is 1. The zero-order valence-corrected chi connectivity index (χ0v) is 8.37. The first-order valence-corrected chi connectivity index (χ1v) is 4.31. The molecule has 0 aliphatic carbocycles. The Morgan fingerprint density at radius 3 is 2.64 bits per heavy atom. The van der Waals surface area contributed by atoms with E-state index in [0.717, 1.165) is 16.9 Å². The van der Waals surface area contributed by atoms with E-state index in [-0.39, 0.29) is 0 Å². The van der Waals surface area contributed by atoms with Gasteiger partial charge in [0.25, 0.3) is 0 Å². The first-order chi connectivity index (χ1) is 6.76. The number of aromatic nitrogens is 4. The summed E-state index contributed by atoms with van der Waals surface area (Å²) in [4.78, 5) is 8.56. The second-order valence-electron chi connectivity index (χ2n) is 2.90. The van der Waals surface area contributed by atoms with Gasteiger partial charge in [-0.1, -0.05) is 0 Å². The summed E-state index contributed by atoms with van der Waals surface area (Å²) in [5.41, 5.74) is 0.814. The van der Waals surface area contributed by atoms with Crippen LogP contribution in [-0.4, -0.2) is 33.8 Å². The SMILES string of the molecule is CNc1nc(NC)c2cnn(C)c2n1. The fourth-order valence-corrected chi connectivity index (χ4v) is 1.32. The Hall–Kier alpha value is -1.85. The number of nitrogens with one attached hydrogen (secondary N) is 2. The van der Waals surface area contributed by atoms with Crippen LogP contribution < -0.4 is 10.6 Å². The largest absolute Gasteiger partial charge is 0.372 e. The normalized spacial score (nSPS) is 10.5. The Labute approximate surface area is 81.4 Å². The van der Waals surface area contributed by atoms with Gasteiger partial charge >= 0.3 is 0 Å². The zero-order chi connectivity index (χ0) is 10.1. The fraction of sp³-hybridized carbons (Fsp3) is 0.375. The van der Waals surface area contributed by atoms with Crippen LogP contribution in [0.25, 0.3) is 11.0 Å². The molecule has 0 spiro atoms. The average Bonchev–Trinajstić information content (AvgIpc) is 2.59. The maximum absolute atomic E-state index is 4.30. The van der Waals surface area contributed by atoms with Gasteiger partial charge < -0.3 is 10.6 Å². The minimum Gasteiger partial charge on any atom is -0.372 e. The van der Waals surface area contributed by atoms with Crippen molar-refractivity contribution in [3.8, 4) is 0 Å². The van der Waals surface area contributed by atoms with Gasteiger partial charge in [0.1, 0.15) is 5.82 Å². The van der Waals surface area contributed by atoms with Gasteiger partial charge in [-0.15, -0.1) is 0 Å². The van der Waals surface area contributed by atoms with Gasteiger partial charge in [0.05, 0.1) is 11.6 Å². The number of hydrogen-bond donors (Lipinski definition) is 2. The Morgan fingerprint density at radius 2 is 2.00 bits per heavy atom. The summed E-state index contributed by atoms with van der Waals surface area (Å²) in [5.74, 6) is 1.37. The monoisotopic (exact) mass is 192 g/mol. The molecule has 0 aromatic carbocycles. The van der Waals surface area contributed by atoms with Crippen LogP contribution in [0, 0.1) is 0 Å². The first-order valence-electron chi connectivity index (χ1n) is 4.31. The van der Waals surface area contributed by atoms with E-state index in [1.165, 1.54) is 0 Å². The summed E-state index contributed by atoms with van der Waals surface area (Å²) in [6, 6.07) is 0. The Balaban J connectivity index is 2.76. The molecule has 0 radical (unpaired) electrons. The highest BCUT2D eigenvalue weighted by molar-refractivity contribution is 5.87. The number of anilines is 2. The molecule has 0 atom stereocenters. The minimum absolute atomic E-state index is 0.588. The molecule has 14 heavy (non-hydrogen) atoms. The summed E-state index contributed by atoms with van der Waals surface area (Å²) in [6.45, 7) is 0. The molecule has 0 bridgehead atoms. The van der Waals surface area contributed by atoms with Crippen molar-refractivity contribution in [1.82, 2.24) is 19.7 Å². The predicted octanol–water partition coefficient (Wildman–Crippen LogP) is 0.447. The maximum Gasteiger partial charge on any atom is 0.226 e. The van der Waals surface area contributed by atoms with E-state index in [2.05, 4.69) is 25.7 Å². The molecule has 0 fully saturated rings. The predicted molar refractivity (Wildman–Crippen MR) is 55.4 cm³/mol. The standard InChI is InChI=1S/C8H12N6/c1-9-6-5-4-11-14(3)7(5)13-8(10-2)12-6/h4H,1-3H3,(H2,9,10,12,13). The molecule has 0 saturated heterocycles. The van der Waals surface area contributed by atoms with E-state index in [0.29, 0.717) is 5.95 Å². The Morgan fingerprint density at radius 1 is 1.21 bits per heavy atom. The molecule has 74 valence electrons. The molecule has 6 nitrogen and oxygen atoms in total. The van der Waals surface area contributed by atoms with E-state index in [1.54, 1.807) is 17.9 Å². The maximum atomic E-state index is 4.30. The van der Waals surface area contributed by atoms with Gasteiger partial charge in [0.2, 0.25) is 5.95 Å². The number of hydrogen-bond acceptors (Lipinski definition) is 5. The van der Waals surface area contributed by atoms with Gasteiger partial charge in [-0.05, 0) is 0 Å². The molecule has 6 heteroatoms. The lowest BCUT2D eigenvalue weighted by Gasteiger charge is -2.04. The number of rotatable bonds is 2. The summed E-state index contributed by atoms with van der Waals surface area (Å²) >= 11 is 0. The highest BCUT2D eigenvalue weighted by Crippen LogP contribution is 2.20. The van der Waals surface area contributed by atoms with Gasteiger partial charge in [0.15, 0.2) is 5.65 Å². The second-order valence-corrected chi connectivity index (χ2v) is 2.90. The van der Waals surface area contributed by atoms with Crippen molar-refractivity contribution >= 4 is 22.8 Å². The summed E-state index contributed by atoms with van der Waals surface area (Å²) in [5, 5.41) is 11.0. The smallest absolute Gasteiger partial charge is 0.226 e. The van der Waals surface area contributed by atoms with Crippen molar-refractivity contribution in [2.75, 3.05) is 24.7 Å². The summed E-state index contributed by atoms with van der Waals surface area (Å²) in [7, 11) is 5.47. The van der Waals surface area contributed by atoms with E-state index < -0.39 is 0 Å². The van der Waals surface area contributed by atoms with Gasteiger partial charge in [-0.3, -0.25) is 4.68 Å². The third kappa shape index (κ3) is 1.15. The van der Waals surface area contributed by atoms with Crippen molar-refractivity contribution in [2.24, 2.45) is 7.05 Å². The lowest BCUT2D eigenvalue weighted by atomic mass is 10.4. The molecule has 2 aromatic rings. The molecule has 2 aromatic heterocycles. The molecule has 0 aliphatic rings. The average molecular weight is 192 g/mol. The van der Waals surface area contributed by atoms with Crippen molar-refractivity contribution < 1.29 is 0 Å². The molecule has 2 rings (SSSR count). The molecular weight excluding hydrogens is 180 g/mol. The van der Waals surface area contributed by atoms with Crippen LogP contribution >= 0.6 is 0 Å². The lowest BCUT2D eigenvalue weighted by molar-refractivity contribution is 0.786. The van der Waals surface area contributed by atoms with Crippen LogP contribution in [0.1, 0.15) is 0 Å². The summed E-state index contributed by atoms with van der Waals surface area (Å²) in [6.07, 6.45) is 1.75. The van der Waals surface area contributed by atoms with Gasteiger partial charge in [-0.2, -0.15) is 15.1 Å². The fourth-order valence-electron chi connectivity index (χ4n) is 1.32. The van der Waals surface area contributed by atoms with E-state index in [4.69, 9.17) is 0 Å². The third-order valence-corrected chi connectivity index (χ3v) is 2.05. The molecular formula is C8H12N6. The first kappa shape index (κ1) is 8.74. The van der Waals surface area contributed by atoms with Crippen LogP contribution in [0.4, 0.5) is 11.8 Å². The highest BCUT2D eigenvalue weighted by Gasteiger charge is 2.08. The zero-order valence-electron chi connectivity index (χ0n) is 8.37. The topological polar surface area (TPSA) is 67.7 Å². The minimum atomic E-state index is 0.588. The van der Waals surface area contributed by atoms with Crippen molar-refractivity contribution in [3.05, 3.63) is 6.20 Å². The quantitative estimate of drug-likeness (QED) is 0.723. The molecule has 0 aliphatic heterocycles. The van der Waals surface area contributed by atoms with Crippen LogP contribution in [0.5, 0.6) is 0 Å². The van der Waals surface area contributed by atoms with Crippen LogP contribution in [0.2, 0.25) is 0 Å². The number of nitrogens with zero attached hydrogens (tertiary/aromatic N) is 4. The molecule has 0 amide bonds. The van der Waals surface area contributed by atoms with Crippen LogP contribution in [0.15, 0.2) is 6.20 Å². The van der Waals surface area contributed by atoms with Crippen LogP contribution in [0.3, 0.4) is 0 Å². The Kier molecular flexibility index (Phi) is 1.95. The molecule has 0 unspecified atom stereocenters. The van der Waals surface area contributed by atoms with Crippen molar-refractivity contribution in [3.63, 3.8) is 0 Å². The van der Waals surface area contributed by atoms with E-state index in [9.17, 15) is 0 Å². The number of fused-ring (bicyclic) bond motifs is 1. The highest BCUT2D eigenvalue weighted by atomic mass is 15.3. The Bertz CT molecular complexity index is 460. The molecule has 2 heterocycles. The molecule has 0 saturated carbocycles. The summed E-state index contributed by atoms with van der Waals surface area (Å²) < 4.78 is 1.72. The molecule has 2 N–H and O–H groups in total. The van der Waals surface area contributed by atoms with Gasteiger partial charge in [-0.25, -0.2) is 0 Å². The van der Waals surface area contributed by atoms with Gasteiger partial charge in [0, 0.05) is 21.1 Å². The third-order valence-electron chi connectivity index (χ3n) is 2.05. The van der Waals surface area contributed by atoms with Crippen molar-refractivity contribution in [1.29, 1.82) is 0 Å². The second kappa shape index (κ2) is 3.13. The van der Waals surface area contributed by atoms with E-state index >= 15 is 0 Å². The van der Waals surface area contributed by atoms with Crippen LogP contribution in [-0.2, 0) is 7.05 Å². The lowest BCUT2D eigenvalue weighted by Crippen LogP contribution is -2.02. The van der Waals surface area contributed by atoms with Crippen molar-refractivity contribution in [2.45, 2.75) is 0 Å².